The van der Waals surface area contributed by atoms with Crippen LogP contribution in [0.15, 0.2) is 65.6 Å². The molecule has 0 saturated carbocycles. The lowest BCUT2D eigenvalue weighted by atomic mass is 10.1. The minimum absolute atomic E-state index is 0.0989. The van der Waals surface area contributed by atoms with Gasteiger partial charge in [0.05, 0.1) is 12.9 Å². The minimum Gasteiger partial charge on any atom is -0.467 e. The van der Waals surface area contributed by atoms with Crippen molar-refractivity contribution in [1.29, 1.82) is 0 Å². The van der Waals surface area contributed by atoms with Crippen molar-refractivity contribution in [2.45, 2.75) is 17.4 Å². The first-order valence-corrected chi connectivity index (χ1v) is 9.31. The lowest BCUT2D eigenvalue weighted by Gasteiger charge is -2.16. The van der Waals surface area contributed by atoms with Crippen LogP contribution >= 0.6 is 11.8 Å². The van der Waals surface area contributed by atoms with Gasteiger partial charge in [-0.25, -0.2) is 4.79 Å². The molecule has 142 valence electrons. The molecule has 7 heteroatoms. The molecule has 0 radical (unpaired) electrons. The largest absolute Gasteiger partial charge is 0.467 e. The maximum Gasteiger partial charge on any atom is 0.328 e. The van der Waals surface area contributed by atoms with Gasteiger partial charge in [0, 0.05) is 11.3 Å². The number of ether oxygens (including phenoxy) is 2. The first-order chi connectivity index (χ1) is 13.1. The van der Waals surface area contributed by atoms with Crippen molar-refractivity contribution in [3.05, 3.63) is 66.2 Å². The maximum atomic E-state index is 12.0. The Balaban J connectivity index is 1.79. The molecule has 1 amide bonds. The average molecular weight is 387 g/mol. The lowest BCUT2D eigenvalue weighted by molar-refractivity contribution is -0.148. The van der Waals surface area contributed by atoms with Crippen molar-refractivity contribution >= 4 is 29.6 Å². The van der Waals surface area contributed by atoms with E-state index in [2.05, 4.69) is 5.32 Å². The molecular formula is C20H21NO5S. The van der Waals surface area contributed by atoms with E-state index in [1.165, 1.54) is 18.9 Å². The summed E-state index contributed by atoms with van der Waals surface area (Å²) in [6.45, 7) is -0.448. The van der Waals surface area contributed by atoms with Gasteiger partial charge in [0.2, 0.25) is 0 Å². The third-order valence-corrected chi connectivity index (χ3v) is 4.55. The Morgan fingerprint density at radius 1 is 1.00 bits per heavy atom. The standard InChI is InChI=1S/C20H21NO5S/c1-25-20(24)17(12-15-8-4-2-5-9-15)21-18(22)13-26-19(23)14-27-16-10-6-3-7-11-16/h2-11,17H,12-14H2,1H3,(H,21,22). The van der Waals surface area contributed by atoms with Gasteiger partial charge in [0.1, 0.15) is 6.04 Å². The predicted molar refractivity (Wildman–Crippen MR) is 102 cm³/mol. The number of esters is 2. The van der Waals surface area contributed by atoms with Gasteiger partial charge in [0.15, 0.2) is 6.61 Å². The van der Waals surface area contributed by atoms with Crippen molar-refractivity contribution in [1.82, 2.24) is 5.32 Å². The summed E-state index contributed by atoms with van der Waals surface area (Å²) in [7, 11) is 1.26. The fraction of sp³-hybridized carbons (Fsp3) is 0.250. The normalized spacial score (nSPS) is 11.3. The van der Waals surface area contributed by atoms with Gasteiger partial charge in [-0.1, -0.05) is 48.5 Å². The molecule has 0 bridgehead atoms. The molecule has 0 aliphatic carbocycles. The molecule has 2 aromatic carbocycles. The third kappa shape index (κ3) is 7.53. The van der Waals surface area contributed by atoms with E-state index in [0.29, 0.717) is 0 Å². The molecule has 0 fully saturated rings. The van der Waals surface area contributed by atoms with Gasteiger partial charge >= 0.3 is 11.9 Å². The van der Waals surface area contributed by atoms with E-state index in [1.54, 1.807) is 0 Å². The van der Waals surface area contributed by atoms with Crippen molar-refractivity contribution in [2.75, 3.05) is 19.5 Å². The number of amides is 1. The average Bonchev–Trinajstić information content (AvgIpc) is 2.71. The van der Waals surface area contributed by atoms with Crippen LogP contribution in [0.25, 0.3) is 0 Å². The molecule has 1 unspecified atom stereocenters. The number of hydrogen-bond acceptors (Lipinski definition) is 6. The number of rotatable bonds is 9. The number of benzene rings is 2. The Morgan fingerprint density at radius 3 is 2.26 bits per heavy atom. The number of hydrogen-bond donors (Lipinski definition) is 1. The van der Waals surface area contributed by atoms with Crippen LogP contribution in [0.3, 0.4) is 0 Å². The molecular weight excluding hydrogens is 366 g/mol. The topological polar surface area (TPSA) is 81.7 Å². The quantitative estimate of drug-likeness (QED) is 0.525. The SMILES string of the molecule is COC(=O)C(Cc1ccccc1)NC(=O)COC(=O)CSc1ccccc1. The van der Waals surface area contributed by atoms with Crippen LogP contribution in [-0.2, 0) is 30.3 Å². The van der Waals surface area contributed by atoms with Crippen LogP contribution in [0.1, 0.15) is 5.56 Å². The van der Waals surface area contributed by atoms with E-state index in [-0.39, 0.29) is 12.2 Å². The second kappa shape index (κ2) is 11.0. The molecule has 0 spiro atoms. The monoisotopic (exact) mass is 387 g/mol. The smallest absolute Gasteiger partial charge is 0.328 e. The molecule has 6 nitrogen and oxygen atoms in total. The lowest BCUT2D eigenvalue weighted by Crippen LogP contribution is -2.44. The van der Waals surface area contributed by atoms with Crippen LogP contribution < -0.4 is 5.32 Å². The number of nitrogens with one attached hydrogen (secondary N) is 1. The second-order valence-corrected chi connectivity index (χ2v) is 6.64. The molecule has 0 heterocycles. The van der Waals surface area contributed by atoms with Crippen molar-refractivity contribution in [2.24, 2.45) is 0 Å². The highest BCUT2D eigenvalue weighted by Gasteiger charge is 2.22. The Bertz CT molecular complexity index is 751. The summed E-state index contributed by atoms with van der Waals surface area (Å²) in [6, 6.07) is 17.8. The fourth-order valence-corrected chi connectivity index (χ4v) is 2.99. The first kappa shape index (κ1) is 20.5. The van der Waals surface area contributed by atoms with E-state index in [0.717, 1.165) is 10.5 Å². The molecule has 2 rings (SSSR count). The highest BCUT2D eigenvalue weighted by Crippen LogP contribution is 2.16. The zero-order valence-electron chi connectivity index (χ0n) is 14.9. The zero-order chi connectivity index (χ0) is 19.5. The molecule has 27 heavy (non-hydrogen) atoms. The van der Waals surface area contributed by atoms with Crippen molar-refractivity contribution in [3.8, 4) is 0 Å². The van der Waals surface area contributed by atoms with Gasteiger partial charge in [0.25, 0.3) is 5.91 Å². The summed E-state index contributed by atoms with van der Waals surface area (Å²) in [5.41, 5.74) is 0.879. The summed E-state index contributed by atoms with van der Waals surface area (Å²) in [5.74, 6) is -1.52. The highest BCUT2D eigenvalue weighted by molar-refractivity contribution is 8.00. The summed E-state index contributed by atoms with van der Waals surface area (Å²) >= 11 is 1.32. The molecule has 2 aromatic rings. The van der Waals surface area contributed by atoms with Crippen LogP contribution in [0, 0.1) is 0 Å². The minimum atomic E-state index is -0.845. The molecule has 0 aliphatic heterocycles. The van der Waals surface area contributed by atoms with Gasteiger partial charge in [-0.3, -0.25) is 9.59 Å². The van der Waals surface area contributed by atoms with E-state index >= 15 is 0 Å². The van der Waals surface area contributed by atoms with E-state index < -0.39 is 30.5 Å². The van der Waals surface area contributed by atoms with E-state index in [9.17, 15) is 14.4 Å². The Labute approximate surface area is 162 Å². The zero-order valence-corrected chi connectivity index (χ0v) is 15.7. The van der Waals surface area contributed by atoms with Crippen molar-refractivity contribution < 1.29 is 23.9 Å². The summed E-state index contributed by atoms with van der Waals surface area (Å²) < 4.78 is 9.70. The van der Waals surface area contributed by atoms with Crippen molar-refractivity contribution in [3.63, 3.8) is 0 Å². The second-order valence-electron chi connectivity index (χ2n) is 5.60. The third-order valence-electron chi connectivity index (χ3n) is 3.57. The van der Waals surface area contributed by atoms with Crippen LogP contribution in [0.5, 0.6) is 0 Å². The number of thioether (sulfide) groups is 1. The molecule has 0 saturated heterocycles. The molecule has 1 atom stereocenters. The molecule has 1 N–H and O–H groups in total. The Hall–Kier alpha value is -2.80. The molecule has 0 aromatic heterocycles. The van der Waals surface area contributed by atoms with E-state index in [4.69, 9.17) is 9.47 Å². The van der Waals surface area contributed by atoms with E-state index in [1.807, 2.05) is 60.7 Å². The van der Waals surface area contributed by atoms with Crippen LogP contribution in [0.2, 0.25) is 0 Å². The number of methoxy groups -OCH3 is 1. The molecule has 0 aliphatic rings. The fourth-order valence-electron chi connectivity index (χ4n) is 2.27. The van der Waals surface area contributed by atoms with Crippen LogP contribution in [-0.4, -0.2) is 43.4 Å². The van der Waals surface area contributed by atoms with Crippen LogP contribution in [0.4, 0.5) is 0 Å². The number of carbonyl (C=O) groups is 3. The Kier molecular flexibility index (Phi) is 8.38. The Morgan fingerprint density at radius 2 is 1.63 bits per heavy atom. The number of carbonyl (C=O) groups excluding carboxylic acids is 3. The van der Waals surface area contributed by atoms with Gasteiger partial charge < -0.3 is 14.8 Å². The summed E-state index contributed by atoms with van der Waals surface area (Å²) in [5, 5.41) is 2.55. The van der Waals surface area contributed by atoms with Gasteiger partial charge in [-0.05, 0) is 17.7 Å². The first-order valence-electron chi connectivity index (χ1n) is 8.33. The van der Waals surface area contributed by atoms with Gasteiger partial charge in [-0.2, -0.15) is 0 Å². The van der Waals surface area contributed by atoms with Gasteiger partial charge in [-0.15, -0.1) is 11.8 Å². The summed E-state index contributed by atoms with van der Waals surface area (Å²) in [6.07, 6.45) is 0.289. The summed E-state index contributed by atoms with van der Waals surface area (Å²) in [4.78, 5) is 36.7. The predicted octanol–water partition coefficient (Wildman–Crippen LogP) is 2.22. The highest BCUT2D eigenvalue weighted by atomic mass is 32.2. The maximum absolute atomic E-state index is 12.0.